The molecule has 1 saturated heterocycles. The largest absolute Gasteiger partial charge is 0.458 e. The Morgan fingerprint density at radius 1 is 0.972 bits per heavy atom. The number of fused-ring (bicyclic) bond motifs is 2. The van der Waals surface area contributed by atoms with E-state index in [0.29, 0.717) is 5.92 Å². The Balaban J connectivity index is 0.000000218. The lowest BCUT2D eigenvalue weighted by Crippen LogP contribution is -2.41. The minimum atomic E-state index is -5.77. The number of aryl methyl sites for hydroxylation is 1. The summed E-state index contributed by atoms with van der Waals surface area (Å²) in [4.78, 5) is 21.9. The standard InChI is InChI=1S/C21H25N3.C4F6O2/c1-2-5-15(6-3-1)11-23-18-9-16-7-4-8-24-14-17-12-22-13-20(17)19(10-18)21(16)24;5-3(6,7)1(11)2(12)4(8,9)10/h1-3,5-6,9-10,17,20,22-23H,4,7-8,11-14H2;/t17-,20-;/m1./s1. The van der Waals surface area contributed by atoms with Gasteiger partial charge in [-0.3, -0.25) is 9.59 Å². The fraction of sp³-hybridized carbons (Fsp3) is 0.440. The number of nitrogens with zero attached hydrogens (tertiary/aromatic N) is 1. The molecule has 0 unspecified atom stereocenters. The number of carbonyl (C=O) groups excluding carboxylic acids is 2. The highest BCUT2D eigenvalue weighted by molar-refractivity contribution is 6.41. The van der Waals surface area contributed by atoms with Crippen LogP contribution >= 0.6 is 0 Å². The van der Waals surface area contributed by atoms with E-state index in [4.69, 9.17) is 0 Å². The number of carbonyl (C=O) groups is 2. The maximum absolute atomic E-state index is 11.2. The number of benzene rings is 2. The van der Waals surface area contributed by atoms with Gasteiger partial charge < -0.3 is 15.5 Å². The molecular weight excluding hydrogens is 488 g/mol. The summed E-state index contributed by atoms with van der Waals surface area (Å²) in [6, 6.07) is 15.5. The Morgan fingerprint density at radius 3 is 2.28 bits per heavy atom. The number of hydrogen-bond acceptors (Lipinski definition) is 5. The quantitative estimate of drug-likeness (QED) is 0.462. The molecule has 36 heavy (non-hydrogen) atoms. The molecule has 1 fully saturated rings. The SMILES string of the molecule is O=C(C(=O)C(F)(F)F)C(F)(F)F.c1ccc(CNc2cc3c4c(c2)[C@@H]2CNC[C@@H]2CN4CCC3)cc1. The van der Waals surface area contributed by atoms with E-state index in [1.54, 1.807) is 16.8 Å². The second kappa shape index (κ2) is 10.1. The smallest absolute Gasteiger partial charge is 0.381 e. The molecule has 0 spiro atoms. The maximum atomic E-state index is 11.2. The van der Waals surface area contributed by atoms with Gasteiger partial charge in [-0.1, -0.05) is 30.3 Å². The van der Waals surface area contributed by atoms with Crippen molar-refractivity contribution in [2.24, 2.45) is 5.92 Å². The fourth-order valence-corrected chi connectivity index (χ4v) is 5.06. The van der Waals surface area contributed by atoms with Crippen LogP contribution in [0.4, 0.5) is 37.7 Å². The molecule has 3 aliphatic rings. The second-order valence-corrected chi connectivity index (χ2v) is 9.14. The van der Waals surface area contributed by atoms with E-state index >= 15 is 0 Å². The van der Waals surface area contributed by atoms with Crippen LogP contribution in [0.15, 0.2) is 42.5 Å². The molecule has 2 atom stereocenters. The van der Waals surface area contributed by atoms with Gasteiger partial charge in [0.2, 0.25) is 0 Å². The van der Waals surface area contributed by atoms with Gasteiger partial charge in [-0.25, -0.2) is 0 Å². The summed E-state index contributed by atoms with van der Waals surface area (Å²) in [7, 11) is 0. The molecule has 2 aromatic rings. The van der Waals surface area contributed by atoms with Crippen LogP contribution in [0.1, 0.15) is 29.0 Å². The molecule has 2 N–H and O–H groups in total. The first-order valence-electron chi connectivity index (χ1n) is 11.6. The van der Waals surface area contributed by atoms with Crippen LogP contribution in [0.5, 0.6) is 0 Å². The molecule has 0 aromatic heterocycles. The van der Waals surface area contributed by atoms with Crippen molar-refractivity contribution >= 4 is 22.9 Å². The molecule has 3 heterocycles. The van der Waals surface area contributed by atoms with E-state index in [9.17, 15) is 35.9 Å². The number of anilines is 2. The van der Waals surface area contributed by atoms with Crippen molar-refractivity contribution in [2.75, 3.05) is 36.4 Å². The Labute approximate surface area is 203 Å². The molecule has 11 heteroatoms. The Bertz CT molecular complexity index is 1090. The molecule has 0 amide bonds. The lowest BCUT2D eigenvalue weighted by Gasteiger charge is -2.42. The number of rotatable bonds is 4. The first-order chi connectivity index (χ1) is 16.9. The van der Waals surface area contributed by atoms with Crippen LogP contribution in [-0.4, -0.2) is 50.1 Å². The van der Waals surface area contributed by atoms with Crippen molar-refractivity contribution < 1.29 is 35.9 Å². The minimum Gasteiger partial charge on any atom is -0.381 e. The van der Waals surface area contributed by atoms with Crippen LogP contribution in [0.2, 0.25) is 0 Å². The van der Waals surface area contributed by atoms with E-state index in [2.05, 4.69) is 58.0 Å². The zero-order chi connectivity index (χ0) is 26.1. The number of Topliss-reactive ketones (excluding diaryl/α,β-unsaturated/α-hetero) is 2. The highest BCUT2D eigenvalue weighted by Gasteiger charge is 2.54. The number of alkyl halides is 6. The van der Waals surface area contributed by atoms with Crippen molar-refractivity contribution in [1.82, 2.24) is 5.32 Å². The summed E-state index contributed by atoms with van der Waals surface area (Å²) in [5.74, 6) is -5.33. The summed E-state index contributed by atoms with van der Waals surface area (Å²) < 4.78 is 67.0. The summed E-state index contributed by atoms with van der Waals surface area (Å²) in [5, 5.41) is 7.29. The molecule has 194 valence electrons. The van der Waals surface area contributed by atoms with Gasteiger partial charge in [0, 0.05) is 50.0 Å². The molecule has 0 bridgehead atoms. The molecule has 5 nitrogen and oxygen atoms in total. The summed E-state index contributed by atoms with van der Waals surface area (Å²) in [6.07, 6.45) is -9.02. The topological polar surface area (TPSA) is 61.4 Å². The van der Waals surface area contributed by atoms with Gasteiger partial charge in [0.1, 0.15) is 0 Å². The van der Waals surface area contributed by atoms with Crippen molar-refractivity contribution in [1.29, 1.82) is 0 Å². The normalized spacial score (nSPS) is 20.6. The number of hydrogen-bond donors (Lipinski definition) is 2. The second-order valence-electron chi connectivity index (χ2n) is 9.14. The lowest BCUT2D eigenvalue weighted by atomic mass is 9.80. The van der Waals surface area contributed by atoms with E-state index in [1.165, 1.54) is 43.7 Å². The molecule has 2 aromatic carbocycles. The van der Waals surface area contributed by atoms with Crippen LogP contribution < -0.4 is 15.5 Å². The summed E-state index contributed by atoms with van der Waals surface area (Å²) in [6.45, 7) is 5.70. The molecule has 0 aliphatic carbocycles. The molecule has 0 radical (unpaired) electrons. The third kappa shape index (κ3) is 5.66. The third-order valence-corrected chi connectivity index (χ3v) is 6.66. The van der Waals surface area contributed by atoms with E-state index < -0.39 is 23.9 Å². The average molecular weight is 513 g/mol. The predicted molar refractivity (Wildman–Crippen MR) is 122 cm³/mol. The Hall–Kier alpha value is -3.08. The highest BCUT2D eigenvalue weighted by atomic mass is 19.4. The van der Waals surface area contributed by atoms with E-state index in [-0.39, 0.29) is 0 Å². The molecule has 0 saturated carbocycles. The van der Waals surface area contributed by atoms with Gasteiger partial charge in [0.05, 0.1) is 0 Å². The number of halogens is 6. The van der Waals surface area contributed by atoms with Gasteiger partial charge in [-0.05, 0) is 47.6 Å². The van der Waals surface area contributed by atoms with Crippen LogP contribution in [0, 0.1) is 5.92 Å². The van der Waals surface area contributed by atoms with Crippen LogP contribution in [0.3, 0.4) is 0 Å². The Kier molecular flexibility index (Phi) is 7.31. The maximum Gasteiger partial charge on any atom is 0.458 e. The monoisotopic (exact) mass is 513 g/mol. The molecule has 5 rings (SSSR count). The molecule has 3 aliphatic heterocycles. The summed E-state index contributed by atoms with van der Waals surface area (Å²) >= 11 is 0. The average Bonchev–Trinajstić information content (AvgIpc) is 3.31. The zero-order valence-corrected chi connectivity index (χ0v) is 19.2. The van der Waals surface area contributed by atoms with Crippen LogP contribution in [0.25, 0.3) is 0 Å². The van der Waals surface area contributed by atoms with Gasteiger partial charge >= 0.3 is 23.9 Å². The van der Waals surface area contributed by atoms with Crippen molar-refractivity contribution in [3.63, 3.8) is 0 Å². The lowest BCUT2D eigenvalue weighted by molar-refractivity contribution is -0.193. The fourth-order valence-electron chi connectivity index (χ4n) is 5.06. The van der Waals surface area contributed by atoms with Gasteiger partial charge in [0.15, 0.2) is 0 Å². The summed E-state index contributed by atoms with van der Waals surface area (Å²) in [5.41, 5.74) is 7.34. The van der Waals surface area contributed by atoms with Gasteiger partial charge in [-0.15, -0.1) is 0 Å². The van der Waals surface area contributed by atoms with Crippen molar-refractivity contribution in [3.8, 4) is 0 Å². The van der Waals surface area contributed by atoms with E-state index in [1.807, 2.05) is 0 Å². The Morgan fingerprint density at radius 2 is 1.64 bits per heavy atom. The van der Waals surface area contributed by atoms with Crippen molar-refractivity contribution in [3.05, 3.63) is 59.2 Å². The number of nitrogens with one attached hydrogen (secondary N) is 2. The number of ketones is 2. The van der Waals surface area contributed by atoms with Gasteiger partial charge in [0.25, 0.3) is 0 Å². The van der Waals surface area contributed by atoms with Gasteiger partial charge in [-0.2, -0.15) is 26.3 Å². The van der Waals surface area contributed by atoms with Crippen LogP contribution in [-0.2, 0) is 22.6 Å². The third-order valence-electron chi connectivity index (χ3n) is 6.66. The first-order valence-corrected chi connectivity index (χ1v) is 11.6. The predicted octanol–water partition coefficient (Wildman–Crippen LogP) is 4.62. The first kappa shape index (κ1) is 26.0. The molecular formula is C25H25F6N3O2. The zero-order valence-electron chi connectivity index (χ0n) is 19.2. The van der Waals surface area contributed by atoms with E-state index in [0.717, 1.165) is 19.0 Å². The minimum absolute atomic E-state index is 0.701. The highest BCUT2D eigenvalue weighted by Crippen LogP contribution is 2.45. The van der Waals surface area contributed by atoms with Crippen molar-refractivity contribution in [2.45, 2.75) is 37.7 Å².